The van der Waals surface area contributed by atoms with Gasteiger partial charge in [-0.3, -0.25) is 14.5 Å². The Morgan fingerprint density at radius 1 is 1.16 bits per heavy atom. The smallest absolute Gasteiger partial charge is 0.325 e. The normalized spacial score (nSPS) is 26.0. The first-order chi connectivity index (χ1) is 12.1. The molecule has 1 aromatic rings. The fourth-order valence-corrected chi connectivity index (χ4v) is 3.85. The summed E-state index contributed by atoms with van der Waals surface area (Å²) in [4.78, 5) is 49.7. The van der Waals surface area contributed by atoms with Crippen molar-refractivity contribution in [2.75, 3.05) is 37.6 Å². The average molecular weight is 344 g/mol. The average Bonchev–Trinajstić information content (AvgIpc) is 2.84. The predicted octanol–water partition coefficient (Wildman–Crippen LogP) is -0.544. The number of hydrogen-bond acceptors (Lipinski definition) is 6. The minimum Gasteiger partial charge on any atom is -0.338 e. The molecule has 0 radical (unpaired) electrons. The van der Waals surface area contributed by atoms with Crippen molar-refractivity contribution in [1.29, 1.82) is 0 Å². The second kappa shape index (κ2) is 6.30. The summed E-state index contributed by atoms with van der Waals surface area (Å²) >= 11 is 0. The number of amides is 4. The van der Waals surface area contributed by atoms with Gasteiger partial charge in [0.05, 0.1) is 6.54 Å². The van der Waals surface area contributed by atoms with Crippen molar-refractivity contribution in [2.24, 2.45) is 5.92 Å². The Morgan fingerprint density at radius 2 is 1.96 bits per heavy atom. The van der Waals surface area contributed by atoms with Crippen molar-refractivity contribution in [3.05, 3.63) is 18.5 Å². The van der Waals surface area contributed by atoms with Gasteiger partial charge in [-0.2, -0.15) is 0 Å². The number of anilines is 1. The SMILES string of the molecule is O=C1CNC(=O)N1CC(=O)N1C[C@H]2CC[C@@H]1CN(c1ncccn1)C2. The van der Waals surface area contributed by atoms with E-state index < -0.39 is 6.03 Å². The summed E-state index contributed by atoms with van der Waals surface area (Å²) in [6.07, 6.45) is 5.41. The van der Waals surface area contributed by atoms with E-state index >= 15 is 0 Å². The van der Waals surface area contributed by atoms with Crippen LogP contribution >= 0.6 is 0 Å². The monoisotopic (exact) mass is 344 g/mol. The third-order valence-corrected chi connectivity index (χ3v) is 5.10. The highest BCUT2D eigenvalue weighted by Crippen LogP contribution is 2.29. The zero-order valence-electron chi connectivity index (χ0n) is 13.8. The van der Waals surface area contributed by atoms with Crippen LogP contribution in [0.3, 0.4) is 0 Å². The second-order valence-electron chi connectivity index (χ2n) is 6.74. The molecule has 1 aromatic heterocycles. The lowest BCUT2D eigenvalue weighted by Crippen LogP contribution is -2.51. The molecule has 0 aromatic carbocycles. The van der Waals surface area contributed by atoms with Crippen molar-refractivity contribution in [2.45, 2.75) is 18.9 Å². The predicted molar refractivity (Wildman–Crippen MR) is 87.6 cm³/mol. The maximum atomic E-state index is 12.7. The Balaban J connectivity index is 1.48. The molecule has 0 aliphatic carbocycles. The standard InChI is InChI=1S/C16H20N6O3/c23-13-6-19-16(25)22(13)10-14(24)21-8-11-2-3-12(21)9-20(7-11)15-17-4-1-5-18-15/h1,4-5,11-12H,2-3,6-10H2,(H,19,25)/t11-,12+/m0/s1. The highest BCUT2D eigenvalue weighted by Gasteiger charge is 2.39. The van der Waals surface area contributed by atoms with E-state index in [0.717, 1.165) is 24.3 Å². The molecule has 0 saturated carbocycles. The highest BCUT2D eigenvalue weighted by atomic mass is 16.2. The number of nitrogens with one attached hydrogen (secondary N) is 1. The second-order valence-corrected chi connectivity index (χ2v) is 6.74. The number of aromatic nitrogens is 2. The molecule has 4 amide bonds. The molecule has 0 unspecified atom stereocenters. The zero-order valence-corrected chi connectivity index (χ0v) is 13.8. The molecule has 9 heteroatoms. The van der Waals surface area contributed by atoms with Crippen LogP contribution < -0.4 is 10.2 Å². The van der Waals surface area contributed by atoms with E-state index in [1.54, 1.807) is 18.5 Å². The third kappa shape index (κ3) is 3.01. The number of carbonyl (C=O) groups is 3. The number of fused-ring (bicyclic) bond motifs is 4. The summed E-state index contributed by atoms with van der Waals surface area (Å²) in [7, 11) is 0. The van der Waals surface area contributed by atoms with Crippen LogP contribution in [0.15, 0.2) is 18.5 Å². The topological polar surface area (TPSA) is 98.7 Å². The Kier molecular flexibility index (Phi) is 3.98. The fraction of sp³-hybridized carbons (Fsp3) is 0.562. The number of nitrogens with zero attached hydrogens (tertiary/aromatic N) is 5. The largest absolute Gasteiger partial charge is 0.338 e. The van der Waals surface area contributed by atoms with E-state index in [9.17, 15) is 14.4 Å². The first-order valence-electron chi connectivity index (χ1n) is 8.51. The number of imide groups is 1. The molecule has 25 heavy (non-hydrogen) atoms. The molecule has 0 spiro atoms. The summed E-state index contributed by atoms with van der Waals surface area (Å²) in [6, 6.07) is 1.35. The molecule has 1 N–H and O–H groups in total. The van der Waals surface area contributed by atoms with Crippen molar-refractivity contribution in [1.82, 2.24) is 25.1 Å². The summed E-state index contributed by atoms with van der Waals surface area (Å²) in [5.74, 6) is 0.506. The van der Waals surface area contributed by atoms with Crippen LogP contribution in [-0.4, -0.2) is 76.4 Å². The van der Waals surface area contributed by atoms with Gasteiger partial charge in [-0.1, -0.05) is 0 Å². The van der Waals surface area contributed by atoms with Crippen molar-refractivity contribution < 1.29 is 14.4 Å². The first kappa shape index (κ1) is 15.8. The zero-order chi connectivity index (χ0) is 17.4. The molecular formula is C16H20N6O3. The van der Waals surface area contributed by atoms with Gasteiger partial charge in [0, 0.05) is 38.1 Å². The van der Waals surface area contributed by atoms with Gasteiger partial charge in [-0.05, 0) is 24.8 Å². The van der Waals surface area contributed by atoms with Crippen LogP contribution in [-0.2, 0) is 9.59 Å². The van der Waals surface area contributed by atoms with Crippen molar-refractivity contribution >= 4 is 23.8 Å². The molecule has 9 nitrogen and oxygen atoms in total. The number of hydrogen-bond donors (Lipinski definition) is 1. The Bertz CT molecular complexity index is 680. The van der Waals surface area contributed by atoms with Gasteiger partial charge in [0.25, 0.3) is 5.91 Å². The van der Waals surface area contributed by atoms with E-state index in [0.29, 0.717) is 25.0 Å². The number of piperidine rings is 1. The molecule has 4 aliphatic rings. The lowest BCUT2D eigenvalue weighted by Gasteiger charge is -2.36. The molecule has 2 atom stereocenters. The van der Waals surface area contributed by atoms with E-state index in [1.807, 2.05) is 4.90 Å². The summed E-state index contributed by atoms with van der Waals surface area (Å²) < 4.78 is 0. The van der Waals surface area contributed by atoms with Gasteiger partial charge in [0.1, 0.15) is 6.54 Å². The summed E-state index contributed by atoms with van der Waals surface area (Å²) in [6.45, 7) is 1.92. The lowest BCUT2D eigenvalue weighted by molar-refractivity contribution is -0.139. The van der Waals surface area contributed by atoms with E-state index in [-0.39, 0.29) is 30.9 Å². The maximum absolute atomic E-state index is 12.7. The van der Waals surface area contributed by atoms with Crippen LogP contribution in [0, 0.1) is 5.92 Å². The number of rotatable bonds is 3. The molecule has 5 rings (SSSR count). The maximum Gasteiger partial charge on any atom is 0.325 e. The minimum absolute atomic E-state index is 0.0305. The van der Waals surface area contributed by atoms with E-state index in [2.05, 4.69) is 20.2 Å². The lowest BCUT2D eigenvalue weighted by atomic mass is 9.95. The van der Waals surface area contributed by atoms with Gasteiger partial charge in [-0.15, -0.1) is 0 Å². The van der Waals surface area contributed by atoms with Crippen LogP contribution in [0.1, 0.15) is 12.8 Å². The molecule has 5 heterocycles. The third-order valence-electron chi connectivity index (χ3n) is 5.10. The van der Waals surface area contributed by atoms with Crippen LogP contribution in [0.2, 0.25) is 0 Å². The quantitative estimate of drug-likeness (QED) is 0.739. The van der Waals surface area contributed by atoms with Gasteiger partial charge >= 0.3 is 6.03 Å². The molecule has 4 aliphatic heterocycles. The fourth-order valence-electron chi connectivity index (χ4n) is 3.85. The molecule has 4 saturated heterocycles. The minimum atomic E-state index is -0.488. The molecule has 2 bridgehead atoms. The Labute approximate surface area is 145 Å². The molecule has 4 fully saturated rings. The van der Waals surface area contributed by atoms with Crippen LogP contribution in [0.4, 0.5) is 10.7 Å². The van der Waals surface area contributed by atoms with Crippen LogP contribution in [0.5, 0.6) is 0 Å². The Hall–Kier alpha value is -2.71. The van der Waals surface area contributed by atoms with Crippen molar-refractivity contribution in [3.63, 3.8) is 0 Å². The highest BCUT2D eigenvalue weighted by molar-refractivity contribution is 6.04. The van der Waals surface area contributed by atoms with E-state index in [4.69, 9.17) is 0 Å². The van der Waals surface area contributed by atoms with Gasteiger partial charge < -0.3 is 15.1 Å². The van der Waals surface area contributed by atoms with Crippen LogP contribution in [0.25, 0.3) is 0 Å². The first-order valence-corrected chi connectivity index (χ1v) is 8.51. The Morgan fingerprint density at radius 3 is 2.68 bits per heavy atom. The van der Waals surface area contributed by atoms with Gasteiger partial charge in [0.15, 0.2) is 0 Å². The van der Waals surface area contributed by atoms with Gasteiger partial charge in [0.2, 0.25) is 11.9 Å². The summed E-state index contributed by atoms with van der Waals surface area (Å²) in [5, 5.41) is 2.44. The van der Waals surface area contributed by atoms with Gasteiger partial charge in [-0.25, -0.2) is 14.8 Å². The molecule has 132 valence electrons. The molecular weight excluding hydrogens is 324 g/mol. The number of urea groups is 1. The summed E-state index contributed by atoms with van der Waals surface area (Å²) in [5.41, 5.74) is 0. The number of carbonyl (C=O) groups excluding carboxylic acids is 3. The van der Waals surface area contributed by atoms with Crippen molar-refractivity contribution in [3.8, 4) is 0 Å². The van der Waals surface area contributed by atoms with E-state index in [1.165, 1.54) is 0 Å².